The lowest BCUT2D eigenvalue weighted by atomic mass is 10.1. The molecule has 1 aromatic rings. The van der Waals surface area contributed by atoms with Crippen molar-refractivity contribution in [2.45, 2.75) is 32.9 Å². The SMILES string of the molecule is CC(C)N1CC(C(=O)Nc2ccc3c(c2)C(=O)NC3)CC1=O. The molecule has 2 aliphatic heterocycles. The van der Waals surface area contributed by atoms with E-state index in [2.05, 4.69) is 10.6 Å². The Bertz CT molecular complexity index is 654. The number of anilines is 1. The molecule has 2 N–H and O–H groups in total. The number of carbonyl (C=O) groups is 3. The van der Waals surface area contributed by atoms with Crippen molar-refractivity contribution in [3.8, 4) is 0 Å². The molecule has 0 saturated carbocycles. The molecular formula is C16H19N3O3. The molecule has 22 heavy (non-hydrogen) atoms. The van der Waals surface area contributed by atoms with Crippen LogP contribution in [0, 0.1) is 5.92 Å². The van der Waals surface area contributed by atoms with E-state index in [1.807, 2.05) is 19.9 Å². The van der Waals surface area contributed by atoms with Gasteiger partial charge < -0.3 is 15.5 Å². The molecule has 0 radical (unpaired) electrons. The zero-order valence-electron chi connectivity index (χ0n) is 12.7. The highest BCUT2D eigenvalue weighted by atomic mass is 16.2. The van der Waals surface area contributed by atoms with Gasteiger partial charge in [0.1, 0.15) is 0 Å². The number of fused-ring (bicyclic) bond motifs is 1. The van der Waals surface area contributed by atoms with Crippen LogP contribution < -0.4 is 10.6 Å². The monoisotopic (exact) mass is 301 g/mol. The lowest BCUT2D eigenvalue weighted by Gasteiger charge is -2.20. The van der Waals surface area contributed by atoms with Gasteiger partial charge in [0.05, 0.1) is 5.92 Å². The molecule has 1 aromatic carbocycles. The van der Waals surface area contributed by atoms with Gasteiger partial charge >= 0.3 is 0 Å². The number of amides is 3. The molecule has 2 aliphatic rings. The van der Waals surface area contributed by atoms with Crippen LogP contribution in [0.1, 0.15) is 36.2 Å². The van der Waals surface area contributed by atoms with E-state index in [-0.39, 0.29) is 36.1 Å². The van der Waals surface area contributed by atoms with E-state index >= 15 is 0 Å². The van der Waals surface area contributed by atoms with E-state index in [1.54, 1.807) is 17.0 Å². The van der Waals surface area contributed by atoms with Crippen LogP contribution in [-0.4, -0.2) is 35.2 Å². The molecule has 1 atom stereocenters. The summed E-state index contributed by atoms with van der Waals surface area (Å²) in [4.78, 5) is 37.6. The minimum atomic E-state index is -0.336. The van der Waals surface area contributed by atoms with E-state index < -0.39 is 0 Å². The van der Waals surface area contributed by atoms with Crippen LogP contribution in [0.4, 0.5) is 5.69 Å². The standard InChI is InChI=1S/C16H19N3O3/c1-9(2)19-8-11(5-14(19)20)15(21)18-12-4-3-10-7-17-16(22)13(10)6-12/h3-4,6,9,11H,5,7-8H2,1-2H3,(H,17,22)(H,18,21). The van der Waals surface area contributed by atoms with Gasteiger partial charge in [-0.1, -0.05) is 6.07 Å². The third-order valence-electron chi connectivity index (χ3n) is 4.21. The minimum Gasteiger partial charge on any atom is -0.348 e. The molecule has 0 bridgehead atoms. The average Bonchev–Trinajstić information content (AvgIpc) is 3.03. The molecule has 2 heterocycles. The first-order chi connectivity index (χ1) is 10.5. The maximum Gasteiger partial charge on any atom is 0.251 e. The van der Waals surface area contributed by atoms with Crippen molar-refractivity contribution < 1.29 is 14.4 Å². The normalized spacial score (nSPS) is 20.3. The first-order valence-electron chi connectivity index (χ1n) is 7.47. The number of nitrogens with one attached hydrogen (secondary N) is 2. The Hall–Kier alpha value is -2.37. The second-order valence-electron chi connectivity index (χ2n) is 6.08. The van der Waals surface area contributed by atoms with Gasteiger partial charge in [-0.3, -0.25) is 14.4 Å². The Kier molecular flexibility index (Phi) is 3.60. The second kappa shape index (κ2) is 5.44. The minimum absolute atomic E-state index is 0.0171. The van der Waals surface area contributed by atoms with Crippen LogP contribution >= 0.6 is 0 Å². The van der Waals surface area contributed by atoms with Gasteiger partial charge in [-0.25, -0.2) is 0 Å². The predicted molar refractivity (Wildman–Crippen MR) is 81.2 cm³/mol. The van der Waals surface area contributed by atoms with Crippen LogP contribution in [0.15, 0.2) is 18.2 Å². The molecule has 0 aliphatic carbocycles. The van der Waals surface area contributed by atoms with Crippen LogP contribution in [-0.2, 0) is 16.1 Å². The smallest absolute Gasteiger partial charge is 0.251 e. The Balaban J connectivity index is 1.69. The molecule has 1 saturated heterocycles. The van der Waals surface area contributed by atoms with Gasteiger partial charge in [0, 0.05) is 36.8 Å². The molecule has 3 rings (SSSR count). The summed E-state index contributed by atoms with van der Waals surface area (Å²) >= 11 is 0. The Morgan fingerprint density at radius 2 is 2.14 bits per heavy atom. The molecule has 116 valence electrons. The van der Waals surface area contributed by atoms with Crippen molar-refractivity contribution in [2.75, 3.05) is 11.9 Å². The largest absolute Gasteiger partial charge is 0.348 e. The fourth-order valence-electron chi connectivity index (χ4n) is 2.94. The second-order valence-corrected chi connectivity index (χ2v) is 6.08. The highest BCUT2D eigenvalue weighted by Gasteiger charge is 2.35. The molecular weight excluding hydrogens is 282 g/mol. The lowest BCUT2D eigenvalue weighted by molar-refractivity contribution is -0.129. The van der Waals surface area contributed by atoms with Crippen molar-refractivity contribution in [3.05, 3.63) is 29.3 Å². The number of carbonyl (C=O) groups excluding carboxylic acids is 3. The van der Waals surface area contributed by atoms with E-state index in [9.17, 15) is 14.4 Å². The van der Waals surface area contributed by atoms with Gasteiger partial charge in [-0.2, -0.15) is 0 Å². The van der Waals surface area contributed by atoms with E-state index in [1.165, 1.54) is 0 Å². The van der Waals surface area contributed by atoms with Gasteiger partial charge in [0.25, 0.3) is 5.91 Å². The quantitative estimate of drug-likeness (QED) is 0.878. The number of hydrogen-bond acceptors (Lipinski definition) is 3. The predicted octanol–water partition coefficient (Wildman–Crippen LogP) is 1.13. The summed E-state index contributed by atoms with van der Waals surface area (Å²) in [6, 6.07) is 5.41. The zero-order chi connectivity index (χ0) is 15.9. The first kappa shape index (κ1) is 14.6. The molecule has 1 fully saturated rings. The highest BCUT2D eigenvalue weighted by molar-refractivity contribution is 6.01. The zero-order valence-corrected chi connectivity index (χ0v) is 12.7. The Morgan fingerprint density at radius 1 is 1.36 bits per heavy atom. The van der Waals surface area contributed by atoms with Crippen LogP contribution in [0.5, 0.6) is 0 Å². The summed E-state index contributed by atoms with van der Waals surface area (Å²) < 4.78 is 0. The van der Waals surface area contributed by atoms with Gasteiger partial charge in [-0.15, -0.1) is 0 Å². The third kappa shape index (κ3) is 2.56. The van der Waals surface area contributed by atoms with Crippen molar-refractivity contribution in [1.29, 1.82) is 0 Å². The Morgan fingerprint density at radius 3 is 2.82 bits per heavy atom. The van der Waals surface area contributed by atoms with Gasteiger partial charge in [0.15, 0.2) is 0 Å². The highest BCUT2D eigenvalue weighted by Crippen LogP contribution is 2.24. The van der Waals surface area contributed by atoms with Gasteiger partial charge in [-0.05, 0) is 31.5 Å². The van der Waals surface area contributed by atoms with Crippen molar-refractivity contribution in [1.82, 2.24) is 10.2 Å². The van der Waals surface area contributed by atoms with Crippen LogP contribution in [0.2, 0.25) is 0 Å². The molecule has 3 amide bonds. The molecule has 6 heteroatoms. The number of likely N-dealkylation sites (tertiary alicyclic amines) is 1. The van der Waals surface area contributed by atoms with Crippen molar-refractivity contribution in [2.24, 2.45) is 5.92 Å². The maximum atomic E-state index is 12.3. The summed E-state index contributed by atoms with van der Waals surface area (Å²) in [5.74, 6) is -0.608. The topological polar surface area (TPSA) is 78.5 Å². The average molecular weight is 301 g/mol. The van der Waals surface area contributed by atoms with Gasteiger partial charge in [0.2, 0.25) is 11.8 Å². The fraction of sp³-hybridized carbons (Fsp3) is 0.438. The van der Waals surface area contributed by atoms with Crippen molar-refractivity contribution >= 4 is 23.4 Å². The number of hydrogen-bond donors (Lipinski definition) is 2. The molecule has 6 nitrogen and oxygen atoms in total. The maximum absolute atomic E-state index is 12.3. The summed E-state index contributed by atoms with van der Waals surface area (Å²) in [5.41, 5.74) is 2.13. The molecule has 0 aromatic heterocycles. The summed E-state index contributed by atoms with van der Waals surface area (Å²) in [6.45, 7) is 4.87. The van der Waals surface area contributed by atoms with E-state index in [0.717, 1.165) is 5.56 Å². The first-order valence-corrected chi connectivity index (χ1v) is 7.47. The fourth-order valence-corrected chi connectivity index (χ4v) is 2.94. The van der Waals surface area contributed by atoms with E-state index in [0.29, 0.717) is 24.3 Å². The number of benzene rings is 1. The molecule has 1 unspecified atom stereocenters. The number of rotatable bonds is 3. The molecule has 0 spiro atoms. The lowest BCUT2D eigenvalue weighted by Crippen LogP contribution is -2.33. The number of nitrogens with zero attached hydrogens (tertiary/aromatic N) is 1. The third-order valence-corrected chi connectivity index (χ3v) is 4.21. The summed E-state index contributed by atoms with van der Waals surface area (Å²) in [6.07, 6.45) is 0.245. The summed E-state index contributed by atoms with van der Waals surface area (Å²) in [7, 11) is 0. The van der Waals surface area contributed by atoms with Crippen molar-refractivity contribution in [3.63, 3.8) is 0 Å². The summed E-state index contributed by atoms with van der Waals surface area (Å²) in [5, 5.41) is 5.56. The van der Waals surface area contributed by atoms with Crippen LogP contribution in [0.25, 0.3) is 0 Å². The van der Waals surface area contributed by atoms with Crippen LogP contribution in [0.3, 0.4) is 0 Å². The Labute approximate surface area is 128 Å². The van der Waals surface area contributed by atoms with E-state index in [4.69, 9.17) is 0 Å².